The second kappa shape index (κ2) is 5.55. The molecular weight excluding hydrogens is 222 g/mol. The highest BCUT2D eigenvalue weighted by Crippen LogP contribution is 2.26. The normalized spacial score (nSPS) is 21.1. The fraction of sp³-hybridized carbons (Fsp3) is 0.538. The monoisotopic (exact) mass is 239 g/mol. The SMILES string of the molecule is CCC1COCCN1c1ccccc1CCl. The molecule has 0 amide bonds. The number of anilines is 1. The first-order valence-electron chi connectivity index (χ1n) is 5.85. The Kier molecular flexibility index (Phi) is 4.08. The minimum absolute atomic E-state index is 0.484. The van der Waals surface area contributed by atoms with Crippen LogP contribution in [0.1, 0.15) is 18.9 Å². The first kappa shape index (κ1) is 11.7. The Balaban J connectivity index is 2.26. The van der Waals surface area contributed by atoms with E-state index in [-0.39, 0.29) is 0 Å². The molecule has 1 fully saturated rings. The molecule has 1 heterocycles. The second-order valence-corrected chi connectivity index (χ2v) is 4.36. The molecule has 2 rings (SSSR count). The van der Waals surface area contributed by atoms with Gasteiger partial charge in [-0.1, -0.05) is 25.1 Å². The number of benzene rings is 1. The Morgan fingerprint density at radius 2 is 2.25 bits per heavy atom. The van der Waals surface area contributed by atoms with E-state index in [1.807, 2.05) is 6.07 Å². The minimum atomic E-state index is 0.484. The predicted molar refractivity (Wildman–Crippen MR) is 68.2 cm³/mol. The number of nitrogens with zero attached hydrogens (tertiary/aromatic N) is 1. The van der Waals surface area contributed by atoms with Crippen LogP contribution in [-0.2, 0) is 10.6 Å². The summed E-state index contributed by atoms with van der Waals surface area (Å²) in [5.74, 6) is 0.573. The highest BCUT2D eigenvalue weighted by molar-refractivity contribution is 6.17. The van der Waals surface area contributed by atoms with Crippen LogP contribution in [0, 0.1) is 0 Å². The van der Waals surface area contributed by atoms with Crippen LogP contribution in [0.25, 0.3) is 0 Å². The van der Waals surface area contributed by atoms with Gasteiger partial charge < -0.3 is 9.64 Å². The van der Waals surface area contributed by atoms with Crippen molar-refractivity contribution in [1.82, 2.24) is 0 Å². The Morgan fingerprint density at radius 3 is 3.00 bits per heavy atom. The summed E-state index contributed by atoms with van der Waals surface area (Å²) in [5.41, 5.74) is 2.48. The second-order valence-electron chi connectivity index (χ2n) is 4.09. The summed E-state index contributed by atoms with van der Waals surface area (Å²) in [6.45, 7) is 4.81. The average Bonchev–Trinajstić information content (AvgIpc) is 2.38. The van der Waals surface area contributed by atoms with Crippen LogP contribution in [-0.4, -0.2) is 25.8 Å². The third-order valence-electron chi connectivity index (χ3n) is 3.14. The third kappa shape index (κ3) is 2.33. The maximum atomic E-state index is 5.98. The van der Waals surface area contributed by atoms with Gasteiger partial charge >= 0.3 is 0 Å². The first-order valence-corrected chi connectivity index (χ1v) is 6.38. The van der Waals surface area contributed by atoms with Crippen LogP contribution in [0.15, 0.2) is 24.3 Å². The number of para-hydroxylation sites is 1. The molecule has 1 aromatic carbocycles. The summed E-state index contributed by atoms with van der Waals surface area (Å²) in [6.07, 6.45) is 1.11. The van der Waals surface area contributed by atoms with Crippen LogP contribution >= 0.6 is 11.6 Å². The summed E-state index contributed by atoms with van der Waals surface area (Å²) in [7, 11) is 0. The van der Waals surface area contributed by atoms with Gasteiger partial charge in [0.1, 0.15) is 0 Å². The highest BCUT2D eigenvalue weighted by Gasteiger charge is 2.22. The van der Waals surface area contributed by atoms with E-state index in [2.05, 4.69) is 30.0 Å². The summed E-state index contributed by atoms with van der Waals surface area (Å²) >= 11 is 5.98. The number of morpholine rings is 1. The van der Waals surface area contributed by atoms with Crippen molar-refractivity contribution in [2.75, 3.05) is 24.7 Å². The van der Waals surface area contributed by atoms with E-state index in [9.17, 15) is 0 Å². The Morgan fingerprint density at radius 1 is 1.44 bits per heavy atom. The van der Waals surface area contributed by atoms with Crippen molar-refractivity contribution < 1.29 is 4.74 Å². The lowest BCUT2D eigenvalue weighted by Crippen LogP contribution is -2.45. The van der Waals surface area contributed by atoms with Crippen molar-refractivity contribution >= 4 is 17.3 Å². The van der Waals surface area contributed by atoms with Crippen LogP contribution in [0.3, 0.4) is 0 Å². The molecule has 1 saturated heterocycles. The zero-order valence-electron chi connectivity index (χ0n) is 9.66. The average molecular weight is 240 g/mol. The van der Waals surface area contributed by atoms with Crippen molar-refractivity contribution in [3.8, 4) is 0 Å². The number of alkyl halides is 1. The van der Waals surface area contributed by atoms with Gasteiger partial charge in [-0.05, 0) is 18.1 Å². The zero-order chi connectivity index (χ0) is 11.4. The Bertz CT molecular complexity index is 342. The number of halogens is 1. The Hall–Kier alpha value is -0.730. The predicted octanol–water partition coefficient (Wildman–Crippen LogP) is 3.04. The van der Waals surface area contributed by atoms with Gasteiger partial charge in [-0.25, -0.2) is 0 Å². The molecule has 88 valence electrons. The summed E-state index contributed by atoms with van der Waals surface area (Å²) in [5, 5.41) is 0. The molecule has 0 N–H and O–H groups in total. The minimum Gasteiger partial charge on any atom is -0.377 e. The summed E-state index contributed by atoms with van der Waals surface area (Å²) in [4.78, 5) is 2.43. The molecule has 1 aliphatic rings. The van der Waals surface area contributed by atoms with E-state index in [4.69, 9.17) is 16.3 Å². The molecule has 0 bridgehead atoms. The molecule has 0 saturated carbocycles. The maximum Gasteiger partial charge on any atom is 0.0670 e. The van der Waals surface area contributed by atoms with E-state index in [0.29, 0.717) is 11.9 Å². The largest absolute Gasteiger partial charge is 0.377 e. The molecule has 1 aromatic rings. The van der Waals surface area contributed by atoms with Crippen molar-refractivity contribution in [3.05, 3.63) is 29.8 Å². The van der Waals surface area contributed by atoms with E-state index >= 15 is 0 Å². The molecule has 2 nitrogen and oxygen atoms in total. The third-order valence-corrected chi connectivity index (χ3v) is 3.43. The van der Waals surface area contributed by atoms with Crippen molar-refractivity contribution in [1.29, 1.82) is 0 Å². The van der Waals surface area contributed by atoms with Crippen LogP contribution in [0.4, 0.5) is 5.69 Å². The van der Waals surface area contributed by atoms with Crippen LogP contribution in [0.2, 0.25) is 0 Å². The standard InChI is InChI=1S/C13H18ClNO/c1-2-12-10-16-8-7-15(12)13-6-4-3-5-11(13)9-14/h3-6,12H,2,7-10H2,1H3. The number of hydrogen-bond acceptors (Lipinski definition) is 2. The number of ether oxygens (including phenoxy) is 1. The molecule has 3 heteroatoms. The van der Waals surface area contributed by atoms with Gasteiger partial charge in [0.25, 0.3) is 0 Å². The smallest absolute Gasteiger partial charge is 0.0670 e. The molecule has 1 aliphatic heterocycles. The first-order chi connectivity index (χ1) is 7.86. The molecule has 1 unspecified atom stereocenters. The van der Waals surface area contributed by atoms with Crippen LogP contribution < -0.4 is 4.90 Å². The van der Waals surface area contributed by atoms with Gasteiger partial charge in [-0.15, -0.1) is 11.6 Å². The van der Waals surface area contributed by atoms with Crippen molar-refractivity contribution in [3.63, 3.8) is 0 Å². The summed E-state index contributed by atoms with van der Waals surface area (Å²) < 4.78 is 5.52. The van der Waals surface area contributed by atoms with Gasteiger partial charge in [-0.2, -0.15) is 0 Å². The summed E-state index contributed by atoms with van der Waals surface area (Å²) in [6, 6.07) is 8.87. The molecule has 1 atom stereocenters. The van der Waals surface area contributed by atoms with E-state index in [1.165, 1.54) is 11.3 Å². The lowest BCUT2D eigenvalue weighted by Gasteiger charge is -2.38. The molecule has 0 aromatic heterocycles. The molecule has 16 heavy (non-hydrogen) atoms. The van der Waals surface area contributed by atoms with Gasteiger partial charge in [0.15, 0.2) is 0 Å². The molecule has 0 aliphatic carbocycles. The highest BCUT2D eigenvalue weighted by atomic mass is 35.5. The fourth-order valence-electron chi connectivity index (χ4n) is 2.21. The maximum absolute atomic E-state index is 5.98. The van der Waals surface area contributed by atoms with Gasteiger partial charge in [0.2, 0.25) is 0 Å². The molecular formula is C13H18ClNO. The van der Waals surface area contributed by atoms with Gasteiger partial charge in [-0.3, -0.25) is 0 Å². The van der Waals surface area contributed by atoms with Crippen LogP contribution in [0.5, 0.6) is 0 Å². The van der Waals surface area contributed by atoms with Crippen molar-refractivity contribution in [2.24, 2.45) is 0 Å². The van der Waals surface area contributed by atoms with E-state index < -0.39 is 0 Å². The lowest BCUT2D eigenvalue weighted by molar-refractivity contribution is 0.0929. The van der Waals surface area contributed by atoms with Gasteiger partial charge in [0.05, 0.1) is 19.3 Å². The van der Waals surface area contributed by atoms with E-state index in [0.717, 1.165) is 26.2 Å². The quantitative estimate of drug-likeness (QED) is 0.752. The topological polar surface area (TPSA) is 12.5 Å². The molecule has 0 spiro atoms. The Labute approximate surface area is 102 Å². The van der Waals surface area contributed by atoms with Gasteiger partial charge in [0, 0.05) is 18.1 Å². The number of rotatable bonds is 3. The number of hydrogen-bond donors (Lipinski definition) is 0. The fourth-order valence-corrected chi connectivity index (χ4v) is 2.44. The zero-order valence-corrected chi connectivity index (χ0v) is 10.4. The lowest BCUT2D eigenvalue weighted by atomic mass is 10.1. The molecule has 0 radical (unpaired) electrons. The van der Waals surface area contributed by atoms with E-state index in [1.54, 1.807) is 0 Å². The van der Waals surface area contributed by atoms with Crippen molar-refractivity contribution in [2.45, 2.75) is 25.3 Å².